The van der Waals surface area contributed by atoms with Gasteiger partial charge in [0.1, 0.15) is 0 Å². The first-order valence-electron chi connectivity index (χ1n) is 7.33. The van der Waals surface area contributed by atoms with Gasteiger partial charge in [0.15, 0.2) is 0 Å². The Hall–Kier alpha value is -1.68. The molecule has 0 bridgehead atoms. The van der Waals surface area contributed by atoms with Crippen LogP contribution in [0.3, 0.4) is 0 Å². The molecule has 4 heteroatoms. The third kappa shape index (κ3) is 2.04. The number of carbonyl (C=O) groups excluding carboxylic acids is 2. The van der Waals surface area contributed by atoms with E-state index in [2.05, 4.69) is 0 Å². The number of benzene rings is 1. The lowest BCUT2D eigenvalue weighted by molar-refractivity contribution is -0.127. The van der Waals surface area contributed by atoms with Crippen LogP contribution in [0.1, 0.15) is 44.1 Å². The minimum absolute atomic E-state index is 0.00336. The quantitative estimate of drug-likeness (QED) is 0.841. The van der Waals surface area contributed by atoms with Crippen LogP contribution < -0.4 is 10.6 Å². The van der Waals surface area contributed by atoms with Gasteiger partial charge in [-0.3, -0.25) is 14.5 Å². The Balaban J connectivity index is 1.93. The van der Waals surface area contributed by atoms with Crippen molar-refractivity contribution < 1.29 is 9.59 Å². The first kappa shape index (κ1) is 13.3. The van der Waals surface area contributed by atoms with Crippen molar-refractivity contribution in [1.82, 2.24) is 0 Å². The largest absolute Gasteiger partial charge is 0.326 e. The zero-order chi connectivity index (χ0) is 14.2. The van der Waals surface area contributed by atoms with Crippen molar-refractivity contribution in [2.24, 2.45) is 11.1 Å². The summed E-state index contributed by atoms with van der Waals surface area (Å²) in [5.41, 5.74) is 6.82. The summed E-state index contributed by atoms with van der Waals surface area (Å²) in [4.78, 5) is 26.5. The normalized spacial score (nSPS) is 21.8. The van der Waals surface area contributed by atoms with Gasteiger partial charge >= 0.3 is 0 Å². The summed E-state index contributed by atoms with van der Waals surface area (Å²) in [5.74, 6) is -0.0672. The number of nitrogens with two attached hydrogens (primary N) is 1. The molecule has 1 heterocycles. The summed E-state index contributed by atoms with van der Waals surface area (Å²) >= 11 is 0. The Labute approximate surface area is 118 Å². The second-order valence-electron chi connectivity index (χ2n) is 5.93. The maximum Gasteiger partial charge on any atom is 0.240 e. The molecule has 4 nitrogen and oxygen atoms in total. The monoisotopic (exact) mass is 272 g/mol. The molecule has 1 aromatic rings. The third-order valence-electron chi connectivity index (χ3n) is 4.61. The number of anilines is 1. The molecule has 0 atom stereocenters. The molecule has 0 radical (unpaired) electrons. The fourth-order valence-electron chi connectivity index (χ4n) is 3.50. The molecule has 1 saturated heterocycles. The molecule has 1 aromatic carbocycles. The van der Waals surface area contributed by atoms with Crippen molar-refractivity contribution in [2.45, 2.75) is 45.1 Å². The van der Waals surface area contributed by atoms with Crippen molar-refractivity contribution in [3.8, 4) is 0 Å². The van der Waals surface area contributed by atoms with Gasteiger partial charge in [-0.2, -0.15) is 0 Å². The minimum atomic E-state index is -0.423. The Morgan fingerprint density at radius 3 is 2.60 bits per heavy atom. The Morgan fingerprint density at radius 2 is 1.90 bits per heavy atom. The summed E-state index contributed by atoms with van der Waals surface area (Å²) in [5, 5.41) is 0. The number of amides is 2. The Bertz CT molecular complexity index is 547. The average Bonchev–Trinajstić information content (AvgIpc) is 2.71. The SMILES string of the molecule is NCc1cccc(N2C(=O)CC3(CCCCC3)C2=O)c1. The molecule has 2 aliphatic rings. The minimum Gasteiger partial charge on any atom is -0.326 e. The smallest absolute Gasteiger partial charge is 0.240 e. The first-order valence-corrected chi connectivity index (χ1v) is 7.33. The van der Waals surface area contributed by atoms with Gasteiger partial charge in [0.05, 0.1) is 11.1 Å². The number of nitrogens with zero attached hydrogens (tertiary/aromatic N) is 1. The number of rotatable bonds is 2. The fourth-order valence-corrected chi connectivity index (χ4v) is 3.50. The molecule has 2 amide bonds. The molecule has 3 rings (SSSR count). The Kier molecular flexibility index (Phi) is 3.34. The van der Waals surface area contributed by atoms with E-state index in [0.29, 0.717) is 18.7 Å². The summed E-state index contributed by atoms with van der Waals surface area (Å²) in [7, 11) is 0. The van der Waals surface area contributed by atoms with Crippen LogP contribution in [-0.2, 0) is 16.1 Å². The summed E-state index contributed by atoms with van der Waals surface area (Å²) in [6.07, 6.45) is 5.35. The van der Waals surface area contributed by atoms with Crippen LogP contribution in [0.15, 0.2) is 24.3 Å². The predicted octanol–water partition coefficient (Wildman–Crippen LogP) is 2.36. The van der Waals surface area contributed by atoms with E-state index in [1.807, 2.05) is 24.3 Å². The van der Waals surface area contributed by atoms with E-state index in [1.54, 1.807) is 0 Å². The van der Waals surface area contributed by atoms with Gasteiger partial charge in [-0.05, 0) is 30.5 Å². The van der Waals surface area contributed by atoms with Crippen molar-refractivity contribution in [2.75, 3.05) is 4.90 Å². The zero-order valence-corrected chi connectivity index (χ0v) is 11.6. The molecular formula is C16H20N2O2. The van der Waals surface area contributed by atoms with Crippen molar-refractivity contribution in [1.29, 1.82) is 0 Å². The highest BCUT2D eigenvalue weighted by molar-refractivity contribution is 6.22. The van der Waals surface area contributed by atoms with E-state index < -0.39 is 5.41 Å². The Morgan fingerprint density at radius 1 is 1.15 bits per heavy atom. The molecule has 1 spiro atoms. The fraction of sp³-hybridized carbons (Fsp3) is 0.500. The van der Waals surface area contributed by atoms with Crippen LogP contribution >= 0.6 is 0 Å². The lowest BCUT2D eigenvalue weighted by Gasteiger charge is -2.30. The molecule has 1 aliphatic heterocycles. The number of imide groups is 1. The van der Waals surface area contributed by atoms with Crippen LogP contribution in [-0.4, -0.2) is 11.8 Å². The van der Waals surface area contributed by atoms with Gasteiger partial charge in [0, 0.05) is 13.0 Å². The summed E-state index contributed by atoms with van der Waals surface area (Å²) in [6, 6.07) is 7.42. The molecule has 1 saturated carbocycles. The lowest BCUT2D eigenvalue weighted by Crippen LogP contribution is -2.37. The van der Waals surface area contributed by atoms with Gasteiger partial charge in [0.2, 0.25) is 11.8 Å². The van der Waals surface area contributed by atoms with Gasteiger partial charge in [-0.1, -0.05) is 31.4 Å². The van der Waals surface area contributed by atoms with Gasteiger partial charge in [-0.15, -0.1) is 0 Å². The van der Waals surface area contributed by atoms with Crippen LogP contribution in [0, 0.1) is 5.41 Å². The van der Waals surface area contributed by atoms with Crippen molar-refractivity contribution >= 4 is 17.5 Å². The predicted molar refractivity (Wildman–Crippen MR) is 77.0 cm³/mol. The van der Waals surface area contributed by atoms with Crippen molar-refractivity contribution in [3.63, 3.8) is 0 Å². The maximum atomic E-state index is 12.8. The molecule has 106 valence electrons. The summed E-state index contributed by atoms with van der Waals surface area (Å²) < 4.78 is 0. The molecule has 2 fully saturated rings. The molecule has 0 unspecified atom stereocenters. The van der Waals surface area contributed by atoms with E-state index in [1.165, 1.54) is 11.3 Å². The van der Waals surface area contributed by atoms with E-state index in [0.717, 1.165) is 31.2 Å². The van der Waals surface area contributed by atoms with Gasteiger partial charge in [0.25, 0.3) is 0 Å². The molecule has 20 heavy (non-hydrogen) atoms. The highest BCUT2D eigenvalue weighted by atomic mass is 16.2. The molecule has 2 N–H and O–H groups in total. The van der Waals surface area contributed by atoms with Crippen LogP contribution in [0.5, 0.6) is 0 Å². The van der Waals surface area contributed by atoms with Gasteiger partial charge < -0.3 is 5.73 Å². The first-order chi connectivity index (χ1) is 9.66. The number of carbonyl (C=O) groups is 2. The van der Waals surface area contributed by atoms with Crippen LogP contribution in [0.2, 0.25) is 0 Å². The molecule has 1 aliphatic carbocycles. The standard InChI is InChI=1S/C16H20N2O2/c17-11-12-5-4-6-13(9-12)18-14(19)10-16(15(18)20)7-2-1-3-8-16/h4-6,9H,1-3,7-8,10-11,17H2. The second kappa shape index (κ2) is 5.02. The van der Waals surface area contributed by atoms with Crippen LogP contribution in [0.25, 0.3) is 0 Å². The average molecular weight is 272 g/mol. The highest BCUT2D eigenvalue weighted by Gasteiger charge is 2.51. The lowest BCUT2D eigenvalue weighted by atomic mass is 9.73. The van der Waals surface area contributed by atoms with E-state index in [-0.39, 0.29) is 11.8 Å². The van der Waals surface area contributed by atoms with Gasteiger partial charge in [-0.25, -0.2) is 0 Å². The third-order valence-corrected chi connectivity index (χ3v) is 4.61. The molecule has 0 aromatic heterocycles. The van der Waals surface area contributed by atoms with E-state index in [4.69, 9.17) is 5.73 Å². The topological polar surface area (TPSA) is 63.4 Å². The van der Waals surface area contributed by atoms with Crippen LogP contribution in [0.4, 0.5) is 5.69 Å². The van der Waals surface area contributed by atoms with E-state index >= 15 is 0 Å². The highest BCUT2D eigenvalue weighted by Crippen LogP contribution is 2.46. The molecular weight excluding hydrogens is 252 g/mol. The van der Waals surface area contributed by atoms with Crippen molar-refractivity contribution in [3.05, 3.63) is 29.8 Å². The maximum absolute atomic E-state index is 12.8. The van der Waals surface area contributed by atoms with E-state index in [9.17, 15) is 9.59 Å². The zero-order valence-electron chi connectivity index (χ0n) is 11.6. The number of hydrogen-bond donors (Lipinski definition) is 1. The summed E-state index contributed by atoms with van der Waals surface area (Å²) in [6.45, 7) is 0.412. The second-order valence-corrected chi connectivity index (χ2v) is 5.93. The number of hydrogen-bond acceptors (Lipinski definition) is 3.